The summed E-state index contributed by atoms with van der Waals surface area (Å²) < 4.78 is 42.0. The van der Waals surface area contributed by atoms with Crippen LogP contribution in [0.25, 0.3) is 0 Å². The van der Waals surface area contributed by atoms with Crippen LogP contribution in [0, 0.1) is 5.92 Å². The molecule has 2 unspecified atom stereocenters. The van der Waals surface area contributed by atoms with Gasteiger partial charge in [-0.1, -0.05) is 19.1 Å². The van der Waals surface area contributed by atoms with Gasteiger partial charge in [-0.3, -0.25) is 0 Å². The van der Waals surface area contributed by atoms with E-state index in [-0.39, 0.29) is 36.5 Å². The Kier molecular flexibility index (Phi) is 9.55. The lowest BCUT2D eigenvalue weighted by Crippen LogP contribution is -2.49. The van der Waals surface area contributed by atoms with Gasteiger partial charge in [0.25, 0.3) is 0 Å². The zero-order valence-electron chi connectivity index (χ0n) is 16.8. The van der Waals surface area contributed by atoms with E-state index in [4.69, 9.17) is 0 Å². The number of alkyl halides is 3. The number of aliphatic hydroxyl groups is 1. The zero-order valence-corrected chi connectivity index (χ0v) is 18.5. The third kappa shape index (κ3) is 7.17. The van der Waals surface area contributed by atoms with Crippen LogP contribution >= 0.6 is 24.8 Å². The van der Waals surface area contributed by atoms with E-state index in [9.17, 15) is 18.3 Å². The molecular formula is C20H31Cl2F3N2O2. The molecule has 168 valence electrons. The first-order valence-corrected chi connectivity index (χ1v) is 9.64. The lowest BCUT2D eigenvalue weighted by molar-refractivity contribution is -0.274. The summed E-state index contributed by atoms with van der Waals surface area (Å²) in [6.45, 7) is 6.48. The van der Waals surface area contributed by atoms with Crippen molar-refractivity contribution in [1.29, 1.82) is 0 Å². The monoisotopic (exact) mass is 458 g/mol. The van der Waals surface area contributed by atoms with Gasteiger partial charge in [0.2, 0.25) is 0 Å². The second kappa shape index (κ2) is 10.5. The maximum Gasteiger partial charge on any atom is 0.573 e. The molecule has 29 heavy (non-hydrogen) atoms. The van der Waals surface area contributed by atoms with E-state index in [2.05, 4.69) is 28.5 Å². The number of hydrogen-bond donors (Lipinski definition) is 1. The Labute approximate surface area is 183 Å². The molecule has 4 nitrogen and oxygen atoms in total. The molecule has 0 spiro atoms. The lowest BCUT2D eigenvalue weighted by Gasteiger charge is -2.40. The largest absolute Gasteiger partial charge is 0.573 e. The second-order valence-corrected chi connectivity index (χ2v) is 8.23. The van der Waals surface area contributed by atoms with Crippen molar-refractivity contribution in [3.05, 3.63) is 29.8 Å². The molecule has 0 radical (unpaired) electrons. The number of benzene rings is 1. The summed E-state index contributed by atoms with van der Waals surface area (Å²) in [6, 6.07) is 6.14. The molecule has 2 aliphatic rings. The first kappa shape index (κ1) is 26.3. The third-order valence-electron chi connectivity index (χ3n) is 5.95. The van der Waals surface area contributed by atoms with Crippen LogP contribution in [0.4, 0.5) is 13.2 Å². The van der Waals surface area contributed by atoms with Crippen LogP contribution in [-0.2, 0) is 0 Å². The highest BCUT2D eigenvalue weighted by Gasteiger charge is 2.44. The van der Waals surface area contributed by atoms with Crippen LogP contribution in [0.2, 0.25) is 0 Å². The second-order valence-electron chi connectivity index (χ2n) is 8.23. The van der Waals surface area contributed by atoms with Crippen molar-refractivity contribution in [2.45, 2.75) is 44.1 Å². The molecule has 1 saturated carbocycles. The van der Waals surface area contributed by atoms with E-state index in [1.54, 1.807) is 6.07 Å². The molecule has 1 aromatic carbocycles. The van der Waals surface area contributed by atoms with Gasteiger partial charge in [0.15, 0.2) is 0 Å². The van der Waals surface area contributed by atoms with Crippen molar-refractivity contribution < 1.29 is 23.0 Å². The van der Waals surface area contributed by atoms with E-state index >= 15 is 0 Å². The molecule has 1 heterocycles. The van der Waals surface area contributed by atoms with Crippen LogP contribution in [0.5, 0.6) is 5.75 Å². The van der Waals surface area contributed by atoms with Crippen molar-refractivity contribution in [2.75, 3.05) is 39.8 Å². The smallest absolute Gasteiger partial charge is 0.406 e. The fraction of sp³-hybridized carbons (Fsp3) is 0.700. The van der Waals surface area contributed by atoms with Crippen LogP contribution in [0.1, 0.15) is 37.7 Å². The number of hydrogen-bond acceptors (Lipinski definition) is 4. The topological polar surface area (TPSA) is 35.9 Å². The highest BCUT2D eigenvalue weighted by molar-refractivity contribution is 5.85. The van der Waals surface area contributed by atoms with Gasteiger partial charge in [0.05, 0.1) is 5.60 Å². The average molecular weight is 459 g/mol. The normalized spacial score (nSPS) is 27.0. The molecule has 0 bridgehead atoms. The van der Waals surface area contributed by atoms with Crippen LogP contribution in [-0.4, -0.2) is 66.6 Å². The molecule has 1 saturated heterocycles. The Morgan fingerprint density at radius 3 is 2.41 bits per heavy atom. The third-order valence-corrected chi connectivity index (χ3v) is 5.95. The van der Waals surface area contributed by atoms with Gasteiger partial charge in [0, 0.05) is 38.6 Å². The quantitative estimate of drug-likeness (QED) is 0.712. The highest BCUT2D eigenvalue weighted by Crippen LogP contribution is 2.45. The van der Waals surface area contributed by atoms with Crippen molar-refractivity contribution >= 4 is 24.8 Å². The SMILES string of the molecule is C[C@@H]1CCC(O)(C(CN2CCN(C)CC2)c2cccc(OC(F)(F)F)c2)C1.Cl.Cl. The minimum atomic E-state index is -4.72. The highest BCUT2D eigenvalue weighted by atomic mass is 35.5. The summed E-state index contributed by atoms with van der Waals surface area (Å²) in [5, 5.41) is 11.4. The summed E-state index contributed by atoms with van der Waals surface area (Å²) in [4.78, 5) is 4.57. The fourth-order valence-electron chi connectivity index (χ4n) is 4.42. The predicted octanol–water partition coefficient (Wildman–Crippen LogP) is 4.31. The minimum Gasteiger partial charge on any atom is -0.406 e. The molecule has 1 N–H and O–H groups in total. The number of rotatable bonds is 5. The molecule has 9 heteroatoms. The molecule has 0 amide bonds. The average Bonchev–Trinajstić information content (AvgIpc) is 2.93. The van der Waals surface area contributed by atoms with Crippen LogP contribution < -0.4 is 4.74 Å². The summed E-state index contributed by atoms with van der Waals surface area (Å²) >= 11 is 0. The van der Waals surface area contributed by atoms with Gasteiger partial charge in [0.1, 0.15) is 5.75 Å². The first-order chi connectivity index (χ1) is 12.6. The number of piperazine rings is 1. The number of halogens is 5. The van der Waals surface area contributed by atoms with Gasteiger partial charge in [-0.15, -0.1) is 38.0 Å². The van der Waals surface area contributed by atoms with Gasteiger partial charge < -0.3 is 19.6 Å². The predicted molar refractivity (Wildman–Crippen MR) is 112 cm³/mol. The zero-order chi connectivity index (χ0) is 19.7. The summed E-state index contributed by atoms with van der Waals surface area (Å²) in [5.41, 5.74) is -0.174. The summed E-state index contributed by atoms with van der Waals surface area (Å²) in [6.07, 6.45) is -2.43. The maximum atomic E-state index is 12.6. The number of nitrogens with zero attached hydrogens (tertiary/aromatic N) is 2. The standard InChI is InChI=1S/C20H29F3N2O2.2ClH/c1-15-6-7-19(26,13-15)18(14-25-10-8-24(2)9-11-25)16-4-3-5-17(12-16)27-20(21,22)23;;/h3-5,12,15,18,26H,6-11,13-14H2,1-2H3;2*1H/t15-,18?,19?;;/m1../s1. The molecule has 1 aromatic rings. The molecule has 0 aromatic heterocycles. The van der Waals surface area contributed by atoms with E-state index in [0.29, 0.717) is 30.9 Å². The van der Waals surface area contributed by atoms with Gasteiger partial charge in [-0.05, 0) is 49.9 Å². The Hall–Kier alpha value is -0.730. The molecule has 2 fully saturated rings. The van der Waals surface area contributed by atoms with E-state index in [1.807, 2.05) is 6.07 Å². The van der Waals surface area contributed by atoms with Gasteiger partial charge in [-0.2, -0.15) is 0 Å². The number of ether oxygens (including phenoxy) is 1. The Morgan fingerprint density at radius 2 is 1.86 bits per heavy atom. The fourth-order valence-corrected chi connectivity index (χ4v) is 4.42. The molecule has 3 atom stereocenters. The van der Waals surface area contributed by atoms with Gasteiger partial charge in [-0.25, -0.2) is 0 Å². The Bertz CT molecular complexity index is 642. The Morgan fingerprint density at radius 1 is 1.21 bits per heavy atom. The summed E-state index contributed by atoms with van der Waals surface area (Å²) in [7, 11) is 2.08. The van der Waals surface area contributed by atoms with E-state index in [1.165, 1.54) is 12.1 Å². The first-order valence-electron chi connectivity index (χ1n) is 9.64. The van der Waals surface area contributed by atoms with Crippen molar-refractivity contribution in [1.82, 2.24) is 9.80 Å². The number of likely N-dealkylation sites (N-methyl/N-ethyl adjacent to an activating group) is 1. The van der Waals surface area contributed by atoms with Gasteiger partial charge >= 0.3 is 6.36 Å². The van der Waals surface area contributed by atoms with Crippen molar-refractivity contribution in [2.24, 2.45) is 5.92 Å². The van der Waals surface area contributed by atoms with E-state index < -0.39 is 12.0 Å². The molecular weight excluding hydrogens is 428 g/mol. The van der Waals surface area contributed by atoms with Crippen molar-refractivity contribution in [3.63, 3.8) is 0 Å². The minimum absolute atomic E-state index is 0. The molecule has 1 aliphatic carbocycles. The lowest BCUT2D eigenvalue weighted by atomic mass is 9.79. The van der Waals surface area contributed by atoms with Crippen molar-refractivity contribution in [3.8, 4) is 5.75 Å². The van der Waals surface area contributed by atoms with Crippen LogP contribution in [0.3, 0.4) is 0 Å². The maximum absolute atomic E-state index is 12.6. The Balaban J connectivity index is 0.00000210. The molecule has 1 aliphatic heterocycles. The van der Waals surface area contributed by atoms with E-state index in [0.717, 1.165) is 32.6 Å². The molecule has 3 rings (SSSR count). The van der Waals surface area contributed by atoms with Crippen LogP contribution in [0.15, 0.2) is 24.3 Å². The summed E-state index contributed by atoms with van der Waals surface area (Å²) in [5.74, 6) is -0.0414.